The van der Waals surface area contributed by atoms with Gasteiger partial charge in [-0.25, -0.2) is 14.8 Å². The highest BCUT2D eigenvalue weighted by Gasteiger charge is 2.42. The number of ether oxygens (including phenoxy) is 2. The van der Waals surface area contributed by atoms with Crippen molar-refractivity contribution >= 4 is 23.5 Å². The minimum Gasteiger partial charge on any atom is -0.447 e. The zero-order valence-corrected chi connectivity index (χ0v) is 19.8. The van der Waals surface area contributed by atoms with Crippen LogP contribution in [0.5, 0.6) is 0 Å². The van der Waals surface area contributed by atoms with Gasteiger partial charge in [0.2, 0.25) is 11.7 Å². The zero-order valence-electron chi connectivity index (χ0n) is 19.8. The second-order valence-corrected chi connectivity index (χ2v) is 8.00. The van der Waals surface area contributed by atoms with Crippen LogP contribution in [0.2, 0.25) is 0 Å². The fraction of sp³-hybridized carbons (Fsp3) is 0.333. The Morgan fingerprint density at radius 1 is 1.05 bits per heavy atom. The van der Waals surface area contributed by atoms with Gasteiger partial charge in [-0.1, -0.05) is 18.2 Å². The van der Waals surface area contributed by atoms with E-state index in [1.807, 2.05) is 4.90 Å². The van der Waals surface area contributed by atoms with Crippen LogP contribution in [0, 0.1) is 0 Å². The van der Waals surface area contributed by atoms with Crippen molar-refractivity contribution in [3.05, 3.63) is 60.1 Å². The summed E-state index contributed by atoms with van der Waals surface area (Å²) < 4.78 is 55.4. The summed E-state index contributed by atoms with van der Waals surface area (Å²) in [4.78, 5) is 36.3. The van der Waals surface area contributed by atoms with E-state index >= 15 is 0 Å². The van der Waals surface area contributed by atoms with E-state index in [9.17, 15) is 22.8 Å². The van der Waals surface area contributed by atoms with Crippen LogP contribution < -0.4 is 10.2 Å². The summed E-state index contributed by atoms with van der Waals surface area (Å²) in [6, 6.07) is 11.1. The summed E-state index contributed by atoms with van der Waals surface area (Å²) in [5, 5.41) is 2.39. The van der Waals surface area contributed by atoms with Crippen LogP contribution in [0.1, 0.15) is 16.2 Å². The van der Waals surface area contributed by atoms with Crippen LogP contribution in [-0.4, -0.2) is 73.4 Å². The lowest BCUT2D eigenvalue weighted by Gasteiger charge is -2.34. The Labute approximate surface area is 210 Å². The number of pyridine rings is 1. The Morgan fingerprint density at radius 3 is 2.41 bits per heavy atom. The fourth-order valence-electron chi connectivity index (χ4n) is 3.63. The number of oxazole rings is 1. The molecule has 37 heavy (non-hydrogen) atoms. The first-order valence-electron chi connectivity index (χ1n) is 11.3. The molecule has 0 aliphatic carbocycles. The van der Waals surface area contributed by atoms with Crippen LogP contribution in [0.4, 0.5) is 29.5 Å². The normalized spacial score (nSPS) is 13.9. The Kier molecular flexibility index (Phi) is 7.92. The second kappa shape index (κ2) is 11.3. The smallest absolute Gasteiger partial charge is 0.447 e. The highest BCUT2D eigenvalue weighted by molar-refractivity contribution is 6.04. The fourth-order valence-corrected chi connectivity index (χ4v) is 3.63. The molecule has 2 amide bonds. The molecule has 3 aromatic rings. The van der Waals surface area contributed by atoms with Gasteiger partial charge in [-0.2, -0.15) is 13.2 Å². The molecule has 0 unspecified atom stereocenters. The predicted molar refractivity (Wildman–Crippen MR) is 126 cm³/mol. The molecule has 0 atom stereocenters. The lowest BCUT2D eigenvalue weighted by Crippen LogP contribution is -2.49. The monoisotopic (exact) mass is 519 g/mol. The third-order valence-electron chi connectivity index (χ3n) is 5.50. The first-order valence-corrected chi connectivity index (χ1v) is 11.3. The van der Waals surface area contributed by atoms with Gasteiger partial charge in [0.1, 0.15) is 12.4 Å². The van der Waals surface area contributed by atoms with Crippen molar-refractivity contribution in [3.8, 4) is 11.5 Å². The molecular formula is C24H24F3N5O5. The Hall–Kier alpha value is -4.13. The Morgan fingerprint density at radius 2 is 1.78 bits per heavy atom. The molecule has 10 nitrogen and oxygen atoms in total. The second-order valence-electron chi connectivity index (χ2n) is 8.00. The maximum Gasteiger partial charge on any atom is 0.452 e. The number of hydrogen-bond acceptors (Lipinski definition) is 8. The highest BCUT2D eigenvalue weighted by atomic mass is 19.4. The standard InChI is InChI=1S/C24H24F3N5O5/c1-35-13-14-36-23(34)32-11-9-31(10-12-32)18-8-7-17(15-28-18)29-21(33)19-20(24(25,26)27)37-22(30-19)16-5-3-2-4-6-16/h2-8,15H,9-14H2,1H3,(H,29,33). The molecule has 0 spiro atoms. The minimum atomic E-state index is -4.91. The number of alkyl halides is 3. The van der Waals surface area contributed by atoms with E-state index in [2.05, 4.69) is 15.3 Å². The van der Waals surface area contributed by atoms with Gasteiger partial charge < -0.3 is 29.0 Å². The van der Waals surface area contributed by atoms with Crippen LogP contribution in [0.15, 0.2) is 53.1 Å². The number of carbonyl (C=O) groups excluding carboxylic acids is 2. The molecular weight excluding hydrogens is 495 g/mol. The Balaban J connectivity index is 1.39. The number of piperazine rings is 1. The van der Waals surface area contributed by atoms with E-state index in [1.54, 1.807) is 29.2 Å². The van der Waals surface area contributed by atoms with E-state index in [0.29, 0.717) is 44.2 Å². The van der Waals surface area contributed by atoms with Crippen LogP contribution >= 0.6 is 0 Å². The van der Waals surface area contributed by atoms with Gasteiger partial charge in [-0.15, -0.1) is 0 Å². The number of anilines is 2. The zero-order chi connectivity index (χ0) is 26.4. The van der Waals surface area contributed by atoms with E-state index in [1.165, 1.54) is 31.5 Å². The number of amides is 2. The molecule has 4 rings (SSSR count). The molecule has 1 aliphatic rings. The van der Waals surface area contributed by atoms with Gasteiger partial charge in [0, 0.05) is 38.9 Å². The maximum absolute atomic E-state index is 13.5. The SMILES string of the molecule is COCCOC(=O)N1CCN(c2ccc(NC(=O)c3nc(-c4ccccc4)oc3C(F)(F)F)cn2)CC1. The van der Waals surface area contributed by atoms with Crippen molar-refractivity contribution in [2.75, 3.05) is 56.7 Å². The summed E-state index contributed by atoms with van der Waals surface area (Å²) in [5.74, 6) is -2.28. The topological polar surface area (TPSA) is 110 Å². The number of aromatic nitrogens is 2. The lowest BCUT2D eigenvalue weighted by molar-refractivity contribution is -0.153. The molecule has 0 radical (unpaired) electrons. The minimum absolute atomic E-state index is 0.177. The van der Waals surface area contributed by atoms with Crippen LogP contribution in [0.3, 0.4) is 0 Å². The number of benzene rings is 1. The molecule has 0 saturated carbocycles. The molecule has 1 fully saturated rings. The lowest BCUT2D eigenvalue weighted by atomic mass is 10.2. The number of rotatable bonds is 7. The number of nitrogens with one attached hydrogen (secondary N) is 1. The Bertz CT molecular complexity index is 1210. The third kappa shape index (κ3) is 6.36. The van der Waals surface area contributed by atoms with Gasteiger partial charge in [0.15, 0.2) is 5.69 Å². The number of halogens is 3. The van der Waals surface area contributed by atoms with Gasteiger partial charge in [0.25, 0.3) is 5.91 Å². The summed E-state index contributed by atoms with van der Waals surface area (Å²) >= 11 is 0. The first-order chi connectivity index (χ1) is 17.8. The van der Waals surface area contributed by atoms with Gasteiger partial charge >= 0.3 is 12.3 Å². The van der Waals surface area contributed by atoms with Crippen molar-refractivity contribution < 1.29 is 36.7 Å². The predicted octanol–water partition coefficient (Wildman–Crippen LogP) is 3.91. The quantitative estimate of drug-likeness (QED) is 0.468. The number of hydrogen-bond donors (Lipinski definition) is 1. The molecule has 196 valence electrons. The van der Waals surface area contributed by atoms with Crippen molar-refractivity contribution in [2.45, 2.75) is 6.18 Å². The van der Waals surface area contributed by atoms with E-state index < -0.39 is 29.6 Å². The average Bonchev–Trinajstić information content (AvgIpc) is 3.37. The van der Waals surface area contributed by atoms with Gasteiger partial charge in [0.05, 0.1) is 18.5 Å². The summed E-state index contributed by atoms with van der Waals surface area (Å²) in [6.45, 7) is 2.38. The largest absolute Gasteiger partial charge is 0.452 e. The third-order valence-corrected chi connectivity index (χ3v) is 5.50. The molecule has 2 aromatic heterocycles. The molecule has 1 aliphatic heterocycles. The number of carbonyl (C=O) groups is 2. The molecule has 0 bridgehead atoms. The van der Waals surface area contributed by atoms with Crippen molar-refractivity contribution in [2.24, 2.45) is 0 Å². The maximum atomic E-state index is 13.5. The summed E-state index contributed by atoms with van der Waals surface area (Å²) in [6.07, 6.45) is -3.98. The van der Waals surface area contributed by atoms with Crippen molar-refractivity contribution in [1.29, 1.82) is 0 Å². The summed E-state index contributed by atoms with van der Waals surface area (Å²) in [5.41, 5.74) is -0.378. The van der Waals surface area contributed by atoms with Gasteiger partial charge in [-0.3, -0.25) is 4.79 Å². The highest BCUT2D eigenvalue weighted by Crippen LogP contribution is 2.35. The molecule has 1 saturated heterocycles. The number of nitrogens with zero attached hydrogens (tertiary/aromatic N) is 4. The van der Waals surface area contributed by atoms with E-state index in [4.69, 9.17) is 13.9 Å². The molecule has 3 heterocycles. The van der Waals surface area contributed by atoms with Crippen LogP contribution in [0.25, 0.3) is 11.5 Å². The van der Waals surface area contributed by atoms with Gasteiger partial charge in [-0.05, 0) is 24.3 Å². The van der Waals surface area contributed by atoms with Crippen molar-refractivity contribution in [1.82, 2.24) is 14.9 Å². The van der Waals surface area contributed by atoms with Crippen molar-refractivity contribution in [3.63, 3.8) is 0 Å². The average molecular weight is 519 g/mol. The van der Waals surface area contributed by atoms with E-state index in [-0.39, 0.29) is 18.2 Å². The van der Waals surface area contributed by atoms with E-state index in [0.717, 1.165) is 0 Å². The molecule has 1 aromatic carbocycles. The molecule has 13 heteroatoms. The summed E-state index contributed by atoms with van der Waals surface area (Å²) in [7, 11) is 1.52. The number of methoxy groups -OCH3 is 1. The molecule has 1 N–H and O–H groups in total. The first kappa shape index (κ1) is 25.9. The van der Waals surface area contributed by atoms with Crippen LogP contribution in [-0.2, 0) is 15.7 Å².